The van der Waals surface area contributed by atoms with Crippen LogP contribution in [0.5, 0.6) is 0 Å². The predicted molar refractivity (Wildman–Crippen MR) is 69.9 cm³/mol. The molecule has 1 rings (SSSR count). The first-order valence-corrected chi connectivity index (χ1v) is 5.90. The molecule has 0 aliphatic heterocycles. The van der Waals surface area contributed by atoms with E-state index in [4.69, 9.17) is 11.6 Å². The lowest BCUT2D eigenvalue weighted by molar-refractivity contribution is -0.152. The van der Waals surface area contributed by atoms with E-state index in [0.717, 1.165) is 0 Å². The van der Waals surface area contributed by atoms with E-state index in [2.05, 4.69) is 20.3 Å². The van der Waals surface area contributed by atoms with Gasteiger partial charge in [-0.05, 0) is 24.3 Å². The lowest BCUT2D eigenvalue weighted by Gasteiger charge is -2.08. The van der Waals surface area contributed by atoms with Gasteiger partial charge in [0.1, 0.15) is 6.61 Å². The fourth-order valence-corrected chi connectivity index (χ4v) is 1.27. The predicted octanol–water partition coefficient (Wildman–Crippen LogP) is 0.291. The van der Waals surface area contributed by atoms with Gasteiger partial charge in [0.25, 0.3) is 11.8 Å². The number of esters is 1. The van der Waals surface area contributed by atoms with Crippen LogP contribution in [0.3, 0.4) is 0 Å². The molecule has 0 aliphatic carbocycles. The lowest BCUT2D eigenvalue weighted by atomic mass is 10.2. The molecule has 0 saturated heterocycles. The van der Waals surface area contributed by atoms with Crippen molar-refractivity contribution in [3.05, 3.63) is 34.9 Å². The Morgan fingerprint density at radius 1 is 1.10 bits per heavy atom. The molecule has 1 aromatic carbocycles. The van der Waals surface area contributed by atoms with Crippen LogP contribution >= 0.6 is 11.6 Å². The largest absolute Gasteiger partial charge is 0.454 e. The summed E-state index contributed by atoms with van der Waals surface area (Å²) in [5, 5.41) is 0.496. The molecule has 2 N–H and O–H groups in total. The highest BCUT2D eigenvalue weighted by atomic mass is 35.5. The Hall–Kier alpha value is -2.12. The molecule has 0 spiro atoms. The number of ether oxygens (including phenoxy) is 2. The zero-order valence-electron chi connectivity index (χ0n) is 10.6. The molecule has 0 heterocycles. The first-order valence-electron chi connectivity index (χ1n) is 5.52. The fraction of sp³-hybridized carbons (Fsp3) is 0.250. The van der Waals surface area contributed by atoms with Crippen molar-refractivity contribution < 1.29 is 23.9 Å². The lowest BCUT2D eigenvalue weighted by Crippen LogP contribution is -2.43. The van der Waals surface area contributed by atoms with Crippen LogP contribution in [-0.2, 0) is 19.1 Å². The van der Waals surface area contributed by atoms with Gasteiger partial charge in [0.05, 0.1) is 0 Å². The molecule has 2 amide bonds. The highest BCUT2D eigenvalue weighted by Gasteiger charge is 2.09. The van der Waals surface area contributed by atoms with E-state index >= 15 is 0 Å². The second-order valence-corrected chi connectivity index (χ2v) is 4.04. The maximum absolute atomic E-state index is 11.6. The van der Waals surface area contributed by atoms with Gasteiger partial charge in [-0.15, -0.1) is 0 Å². The van der Waals surface area contributed by atoms with Crippen molar-refractivity contribution in [2.45, 2.75) is 0 Å². The topological polar surface area (TPSA) is 93.7 Å². The average Bonchev–Trinajstić information content (AvgIpc) is 2.43. The van der Waals surface area contributed by atoms with Crippen LogP contribution in [0.25, 0.3) is 0 Å². The molecule has 8 heteroatoms. The number of rotatable bonds is 5. The van der Waals surface area contributed by atoms with Crippen LogP contribution in [0.15, 0.2) is 24.3 Å². The zero-order chi connectivity index (χ0) is 15.0. The number of carbonyl (C=O) groups excluding carboxylic acids is 3. The average molecular weight is 301 g/mol. The number of nitrogens with one attached hydrogen (secondary N) is 2. The molecule has 1 aromatic rings. The third kappa shape index (κ3) is 5.68. The minimum absolute atomic E-state index is 0.246. The van der Waals surface area contributed by atoms with Gasteiger partial charge in [-0.25, -0.2) is 4.79 Å². The first-order chi connectivity index (χ1) is 9.52. The van der Waals surface area contributed by atoms with E-state index in [1.165, 1.54) is 19.2 Å². The van der Waals surface area contributed by atoms with Gasteiger partial charge >= 0.3 is 5.97 Å². The van der Waals surface area contributed by atoms with Gasteiger partial charge in [0, 0.05) is 17.7 Å². The summed E-state index contributed by atoms with van der Waals surface area (Å²) >= 11 is 5.68. The number of carbonyl (C=O) groups is 3. The Morgan fingerprint density at radius 2 is 1.75 bits per heavy atom. The molecule has 20 heavy (non-hydrogen) atoms. The highest BCUT2D eigenvalue weighted by Crippen LogP contribution is 2.08. The van der Waals surface area contributed by atoms with Gasteiger partial charge in [-0.3, -0.25) is 20.4 Å². The molecular formula is C12H13ClN2O5. The van der Waals surface area contributed by atoms with Crippen molar-refractivity contribution >= 4 is 29.4 Å². The van der Waals surface area contributed by atoms with Gasteiger partial charge in [0.15, 0.2) is 6.61 Å². The summed E-state index contributed by atoms with van der Waals surface area (Å²) in [4.78, 5) is 33.8. The number of amides is 2. The van der Waals surface area contributed by atoms with E-state index in [1.54, 1.807) is 12.1 Å². The Bertz CT molecular complexity index is 489. The first kappa shape index (κ1) is 15.9. The zero-order valence-corrected chi connectivity index (χ0v) is 11.4. The van der Waals surface area contributed by atoms with Crippen LogP contribution in [-0.4, -0.2) is 38.1 Å². The molecule has 0 bridgehead atoms. The van der Waals surface area contributed by atoms with Gasteiger partial charge in [-0.2, -0.15) is 0 Å². The Morgan fingerprint density at radius 3 is 2.35 bits per heavy atom. The Labute approximate surface area is 120 Å². The second kappa shape index (κ2) is 8.13. The number of hydrazine groups is 1. The molecule has 0 unspecified atom stereocenters. The molecule has 0 atom stereocenters. The van der Waals surface area contributed by atoms with Crippen molar-refractivity contribution in [1.29, 1.82) is 0 Å². The van der Waals surface area contributed by atoms with Crippen molar-refractivity contribution in [2.24, 2.45) is 0 Å². The third-order valence-electron chi connectivity index (χ3n) is 2.05. The quantitative estimate of drug-likeness (QED) is 0.602. The summed E-state index contributed by atoms with van der Waals surface area (Å²) in [6.07, 6.45) is 0. The standard InChI is InChI=1S/C12H13ClN2O5/c1-19-7-11(17)20-6-10(16)14-15-12(18)8-2-4-9(13)5-3-8/h2-5H,6-7H2,1H3,(H,14,16)(H,15,18). The molecule has 0 aliphatic rings. The Kier molecular flexibility index (Phi) is 6.48. The Balaban J connectivity index is 2.32. The minimum Gasteiger partial charge on any atom is -0.454 e. The number of hydrogen-bond donors (Lipinski definition) is 2. The maximum Gasteiger partial charge on any atom is 0.332 e. The summed E-state index contributed by atoms with van der Waals surface area (Å²) in [6.45, 7) is -0.756. The van der Waals surface area contributed by atoms with E-state index in [9.17, 15) is 14.4 Å². The van der Waals surface area contributed by atoms with Crippen molar-refractivity contribution in [3.8, 4) is 0 Å². The van der Waals surface area contributed by atoms with Crippen LogP contribution in [0.4, 0.5) is 0 Å². The smallest absolute Gasteiger partial charge is 0.332 e. The van der Waals surface area contributed by atoms with E-state index in [1.807, 2.05) is 0 Å². The normalized spacial score (nSPS) is 9.70. The SMILES string of the molecule is COCC(=O)OCC(=O)NNC(=O)c1ccc(Cl)cc1. The molecule has 0 saturated carbocycles. The summed E-state index contributed by atoms with van der Waals surface area (Å²) in [7, 11) is 1.33. The molecule has 108 valence electrons. The minimum atomic E-state index is -0.674. The van der Waals surface area contributed by atoms with Gasteiger partial charge in [0.2, 0.25) is 0 Å². The molecule has 7 nitrogen and oxygen atoms in total. The van der Waals surface area contributed by atoms with E-state index in [0.29, 0.717) is 10.6 Å². The monoisotopic (exact) mass is 300 g/mol. The number of halogens is 1. The van der Waals surface area contributed by atoms with E-state index in [-0.39, 0.29) is 6.61 Å². The number of benzene rings is 1. The van der Waals surface area contributed by atoms with Crippen molar-refractivity contribution in [2.75, 3.05) is 20.3 Å². The summed E-state index contributed by atoms with van der Waals surface area (Å²) in [6, 6.07) is 6.10. The highest BCUT2D eigenvalue weighted by molar-refractivity contribution is 6.30. The molecule has 0 aromatic heterocycles. The van der Waals surface area contributed by atoms with E-state index < -0.39 is 24.4 Å². The summed E-state index contributed by atoms with van der Waals surface area (Å²) in [5.74, 6) is -1.86. The van der Waals surface area contributed by atoms with Crippen LogP contribution in [0.2, 0.25) is 5.02 Å². The number of hydrogen-bond acceptors (Lipinski definition) is 5. The summed E-state index contributed by atoms with van der Waals surface area (Å²) in [5.41, 5.74) is 4.60. The second-order valence-electron chi connectivity index (χ2n) is 3.60. The third-order valence-corrected chi connectivity index (χ3v) is 2.30. The van der Waals surface area contributed by atoms with Crippen LogP contribution in [0.1, 0.15) is 10.4 Å². The van der Waals surface area contributed by atoms with Gasteiger partial charge in [-0.1, -0.05) is 11.6 Å². The molecule has 0 fully saturated rings. The fourth-order valence-electron chi connectivity index (χ4n) is 1.14. The van der Waals surface area contributed by atoms with Crippen LogP contribution < -0.4 is 10.9 Å². The molecular weight excluding hydrogens is 288 g/mol. The number of methoxy groups -OCH3 is 1. The van der Waals surface area contributed by atoms with Crippen molar-refractivity contribution in [1.82, 2.24) is 10.9 Å². The maximum atomic E-state index is 11.6. The summed E-state index contributed by atoms with van der Waals surface area (Å²) < 4.78 is 9.07. The molecule has 0 radical (unpaired) electrons. The van der Waals surface area contributed by atoms with Crippen LogP contribution in [0, 0.1) is 0 Å². The van der Waals surface area contributed by atoms with Gasteiger partial charge < -0.3 is 9.47 Å². The van der Waals surface area contributed by atoms with Crippen molar-refractivity contribution in [3.63, 3.8) is 0 Å².